The molecule has 0 radical (unpaired) electrons. The van der Waals surface area contributed by atoms with E-state index >= 15 is 0 Å². The van der Waals surface area contributed by atoms with Crippen molar-refractivity contribution in [2.75, 3.05) is 5.32 Å². The molecule has 0 spiro atoms. The van der Waals surface area contributed by atoms with Crippen LogP contribution in [0.1, 0.15) is 23.5 Å². The topological polar surface area (TPSA) is 149 Å². The van der Waals surface area contributed by atoms with Crippen LogP contribution in [-0.2, 0) is 4.79 Å². The summed E-state index contributed by atoms with van der Waals surface area (Å²) in [5.74, 6) is -1.26. The summed E-state index contributed by atoms with van der Waals surface area (Å²) < 4.78 is 6.68. The number of hydrogen-bond donors (Lipinski definition) is 2. The molecular weight excluding hydrogens is 382 g/mol. The molecule has 0 bridgehead atoms. The zero-order valence-electron chi connectivity index (χ0n) is 15.1. The van der Waals surface area contributed by atoms with Crippen molar-refractivity contribution < 1.29 is 24.4 Å². The molecule has 1 unspecified atom stereocenters. The molecule has 1 amide bonds. The van der Waals surface area contributed by atoms with Gasteiger partial charge in [-0.3, -0.25) is 24.6 Å². The highest BCUT2D eigenvalue weighted by Gasteiger charge is 2.18. The second-order valence-corrected chi connectivity index (χ2v) is 5.91. The molecule has 3 rings (SSSR count). The predicted molar refractivity (Wildman–Crippen MR) is 99.9 cm³/mol. The van der Waals surface area contributed by atoms with E-state index in [0.29, 0.717) is 5.75 Å². The quantitative estimate of drug-likeness (QED) is 0.456. The number of amides is 1. The van der Waals surface area contributed by atoms with E-state index in [9.17, 15) is 19.7 Å². The van der Waals surface area contributed by atoms with Crippen molar-refractivity contribution >= 4 is 23.3 Å². The fourth-order valence-corrected chi connectivity index (χ4v) is 2.35. The van der Waals surface area contributed by atoms with Crippen LogP contribution in [0.2, 0.25) is 0 Å². The number of aliphatic carboxylic acids is 1. The van der Waals surface area contributed by atoms with Crippen molar-refractivity contribution in [1.82, 2.24) is 14.8 Å². The third-order valence-corrected chi connectivity index (χ3v) is 3.83. The van der Waals surface area contributed by atoms with Gasteiger partial charge in [0.15, 0.2) is 5.69 Å². The van der Waals surface area contributed by atoms with E-state index in [2.05, 4.69) is 15.4 Å². The fraction of sp³-hybridized carbons (Fsp3) is 0.111. The first-order valence-corrected chi connectivity index (χ1v) is 8.30. The Morgan fingerprint density at radius 3 is 2.72 bits per heavy atom. The number of ether oxygens (including phenoxy) is 1. The molecule has 2 heterocycles. The SMILES string of the molecule is CC(C(=O)O)n1ccc(C(=O)Nc2cc(Oc3cccnc3)cc([N+](=O)[O-])c2)n1. The van der Waals surface area contributed by atoms with Crippen molar-refractivity contribution in [3.8, 4) is 11.5 Å². The molecule has 0 aliphatic heterocycles. The lowest BCUT2D eigenvalue weighted by Crippen LogP contribution is -2.18. The number of rotatable bonds is 7. The van der Waals surface area contributed by atoms with Gasteiger partial charge < -0.3 is 15.2 Å². The number of non-ortho nitro benzene ring substituents is 1. The van der Waals surface area contributed by atoms with E-state index in [1.807, 2.05) is 0 Å². The van der Waals surface area contributed by atoms with Gasteiger partial charge in [0.1, 0.15) is 17.5 Å². The van der Waals surface area contributed by atoms with Crippen LogP contribution in [0.25, 0.3) is 0 Å². The number of nitro groups is 1. The van der Waals surface area contributed by atoms with Gasteiger partial charge in [0.2, 0.25) is 0 Å². The third kappa shape index (κ3) is 4.71. The van der Waals surface area contributed by atoms with Crippen molar-refractivity contribution in [1.29, 1.82) is 0 Å². The Kier molecular flexibility index (Phi) is 5.49. The van der Waals surface area contributed by atoms with Gasteiger partial charge in [-0.15, -0.1) is 0 Å². The first kappa shape index (κ1) is 19.5. The molecule has 29 heavy (non-hydrogen) atoms. The lowest BCUT2D eigenvalue weighted by atomic mass is 10.2. The number of nitro benzene ring substituents is 1. The number of hydrogen-bond acceptors (Lipinski definition) is 7. The largest absolute Gasteiger partial charge is 0.480 e. The highest BCUT2D eigenvalue weighted by molar-refractivity contribution is 6.03. The van der Waals surface area contributed by atoms with Gasteiger partial charge in [0.05, 0.1) is 22.9 Å². The van der Waals surface area contributed by atoms with Gasteiger partial charge in [0, 0.05) is 24.5 Å². The third-order valence-electron chi connectivity index (χ3n) is 3.83. The average molecular weight is 397 g/mol. The Labute approximate surface area is 163 Å². The second kappa shape index (κ2) is 8.17. The monoisotopic (exact) mass is 397 g/mol. The summed E-state index contributed by atoms with van der Waals surface area (Å²) in [7, 11) is 0. The van der Waals surface area contributed by atoms with E-state index < -0.39 is 22.8 Å². The molecule has 1 aromatic carbocycles. The molecule has 2 N–H and O–H groups in total. The molecule has 3 aromatic rings. The van der Waals surface area contributed by atoms with Crippen molar-refractivity contribution in [3.63, 3.8) is 0 Å². The van der Waals surface area contributed by atoms with E-state index in [0.717, 1.165) is 4.68 Å². The molecule has 0 saturated carbocycles. The standard InChI is InChI=1S/C18H15N5O6/c1-11(18(25)26)22-6-4-16(21-22)17(24)20-12-7-13(23(27)28)9-15(8-12)29-14-3-2-5-19-10-14/h2-11H,1H3,(H,20,24)(H,25,26). The van der Waals surface area contributed by atoms with Crippen LogP contribution < -0.4 is 10.1 Å². The Hall–Kier alpha value is -4.28. The van der Waals surface area contributed by atoms with Gasteiger partial charge in [-0.1, -0.05) is 0 Å². The molecule has 11 nitrogen and oxygen atoms in total. The average Bonchev–Trinajstić information content (AvgIpc) is 3.18. The van der Waals surface area contributed by atoms with Gasteiger partial charge in [0.25, 0.3) is 11.6 Å². The number of carbonyl (C=O) groups is 2. The van der Waals surface area contributed by atoms with E-state index in [-0.39, 0.29) is 22.8 Å². The van der Waals surface area contributed by atoms with E-state index in [4.69, 9.17) is 9.84 Å². The van der Waals surface area contributed by atoms with Gasteiger partial charge >= 0.3 is 5.97 Å². The van der Waals surface area contributed by atoms with E-state index in [1.165, 1.54) is 43.6 Å². The van der Waals surface area contributed by atoms with E-state index in [1.54, 1.807) is 18.3 Å². The number of pyridine rings is 1. The lowest BCUT2D eigenvalue weighted by Gasteiger charge is -2.09. The van der Waals surface area contributed by atoms with Crippen LogP contribution in [-0.4, -0.2) is 36.7 Å². The number of carboxylic acid groups (broad SMARTS) is 1. The minimum Gasteiger partial charge on any atom is -0.480 e. The number of carbonyl (C=O) groups excluding carboxylic acids is 1. The summed E-state index contributed by atoms with van der Waals surface area (Å²) in [6.45, 7) is 1.42. The number of carboxylic acids is 1. The molecule has 11 heteroatoms. The normalized spacial score (nSPS) is 11.5. The Balaban J connectivity index is 1.83. The smallest absolute Gasteiger partial charge is 0.328 e. The number of nitrogens with one attached hydrogen (secondary N) is 1. The number of anilines is 1. The minimum absolute atomic E-state index is 0.0423. The number of aromatic nitrogens is 3. The molecular formula is C18H15N5O6. The maximum atomic E-state index is 12.4. The summed E-state index contributed by atoms with van der Waals surface area (Å²) in [5.41, 5.74) is -0.213. The molecule has 2 aromatic heterocycles. The molecule has 0 aliphatic carbocycles. The van der Waals surface area contributed by atoms with Crippen LogP contribution in [0.5, 0.6) is 11.5 Å². The Bertz CT molecular complexity index is 1070. The van der Waals surface area contributed by atoms with Crippen LogP contribution in [0.15, 0.2) is 55.0 Å². The minimum atomic E-state index is -1.10. The zero-order valence-corrected chi connectivity index (χ0v) is 15.1. The summed E-state index contributed by atoms with van der Waals surface area (Å²) in [4.78, 5) is 37.9. The van der Waals surface area contributed by atoms with Crippen molar-refractivity contribution in [3.05, 3.63) is 70.8 Å². The molecule has 0 aliphatic rings. The fourth-order valence-electron chi connectivity index (χ4n) is 2.35. The molecule has 148 valence electrons. The number of benzene rings is 1. The van der Waals surface area contributed by atoms with Gasteiger partial charge in [-0.2, -0.15) is 5.10 Å². The predicted octanol–water partition coefficient (Wildman–Crippen LogP) is 2.88. The van der Waals surface area contributed by atoms with Gasteiger partial charge in [-0.25, -0.2) is 4.79 Å². The maximum Gasteiger partial charge on any atom is 0.328 e. The highest BCUT2D eigenvalue weighted by atomic mass is 16.6. The lowest BCUT2D eigenvalue weighted by molar-refractivity contribution is -0.384. The first-order valence-electron chi connectivity index (χ1n) is 8.30. The molecule has 1 atom stereocenters. The summed E-state index contributed by atoms with van der Waals surface area (Å²) in [6, 6.07) is 7.46. The van der Waals surface area contributed by atoms with Crippen molar-refractivity contribution in [2.45, 2.75) is 13.0 Å². The second-order valence-electron chi connectivity index (χ2n) is 5.91. The van der Waals surface area contributed by atoms with Crippen LogP contribution in [0, 0.1) is 10.1 Å². The number of nitrogens with zero attached hydrogens (tertiary/aromatic N) is 4. The Morgan fingerprint density at radius 2 is 2.07 bits per heavy atom. The molecule has 0 saturated heterocycles. The van der Waals surface area contributed by atoms with Crippen molar-refractivity contribution in [2.24, 2.45) is 0 Å². The Morgan fingerprint density at radius 1 is 1.28 bits per heavy atom. The van der Waals surface area contributed by atoms with Gasteiger partial charge in [-0.05, 0) is 25.1 Å². The van der Waals surface area contributed by atoms with Crippen LogP contribution in [0.3, 0.4) is 0 Å². The van der Waals surface area contributed by atoms with Crippen LogP contribution in [0.4, 0.5) is 11.4 Å². The highest BCUT2D eigenvalue weighted by Crippen LogP contribution is 2.29. The summed E-state index contributed by atoms with van der Waals surface area (Å²) in [6.07, 6.45) is 4.35. The maximum absolute atomic E-state index is 12.4. The zero-order chi connectivity index (χ0) is 21.0. The van der Waals surface area contributed by atoms with Crippen LogP contribution >= 0.6 is 0 Å². The summed E-state index contributed by atoms with van der Waals surface area (Å²) >= 11 is 0. The molecule has 0 fully saturated rings. The summed E-state index contributed by atoms with van der Waals surface area (Å²) in [5, 5.41) is 26.6. The first-order chi connectivity index (χ1) is 13.8.